The van der Waals surface area contributed by atoms with E-state index in [4.69, 9.17) is 0 Å². The van der Waals surface area contributed by atoms with Crippen LogP contribution in [0.25, 0.3) is 0 Å². The van der Waals surface area contributed by atoms with Crippen LogP contribution in [0.15, 0.2) is 48.7 Å². The predicted octanol–water partition coefficient (Wildman–Crippen LogP) is 4.91. The van der Waals surface area contributed by atoms with Crippen LogP contribution >= 0.6 is 0 Å². The van der Waals surface area contributed by atoms with Gasteiger partial charge in [-0.05, 0) is 42.4 Å². The molecule has 1 aliphatic rings. The number of benzene rings is 1. The first-order valence-electron chi connectivity index (χ1n) is 11.7. The lowest BCUT2D eigenvalue weighted by Crippen LogP contribution is -2.55. The zero-order valence-electron chi connectivity index (χ0n) is 19.6. The van der Waals surface area contributed by atoms with E-state index in [9.17, 15) is 4.79 Å². The van der Waals surface area contributed by atoms with Gasteiger partial charge in [-0.3, -0.25) is 9.69 Å². The van der Waals surface area contributed by atoms with Crippen LogP contribution in [0.2, 0.25) is 0 Å². The van der Waals surface area contributed by atoms with Gasteiger partial charge in [0.1, 0.15) is 5.82 Å². The van der Waals surface area contributed by atoms with Crippen LogP contribution in [0.3, 0.4) is 0 Å². The second kappa shape index (κ2) is 11.3. The molecule has 0 radical (unpaired) electrons. The monoisotopic (exact) mass is 422 g/mol. The second-order valence-electron chi connectivity index (χ2n) is 9.51. The zero-order chi connectivity index (χ0) is 22.2. The maximum atomic E-state index is 13.6. The topological polar surface area (TPSA) is 48.5 Å². The van der Waals surface area contributed by atoms with Crippen molar-refractivity contribution < 1.29 is 4.79 Å². The third-order valence-corrected chi connectivity index (χ3v) is 5.87. The minimum Gasteiger partial charge on any atom is -0.369 e. The fourth-order valence-electron chi connectivity index (χ4n) is 4.27. The molecule has 1 saturated heterocycles. The van der Waals surface area contributed by atoms with Gasteiger partial charge in [-0.25, -0.2) is 4.98 Å². The fourth-order valence-corrected chi connectivity index (χ4v) is 4.27. The highest BCUT2D eigenvalue weighted by molar-refractivity contribution is 5.99. The van der Waals surface area contributed by atoms with Crippen molar-refractivity contribution in [1.29, 1.82) is 0 Å². The minimum atomic E-state index is 0.102. The summed E-state index contributed by atoms with van der Waals surface area (Å²) in [6, 6.07) is 14.6. The van der Waals surface area contributed by atoms with Crippen LogP contribution in [0.4, 0.5) is 5.82 Å². The molecule has 1 aromatic carbocycles. The second-order valence-corrected chi connectivity index (χ2v) is 9.51. The van der Waals surface area contributed by atoms with Crippen LogP contribution in [0, 0.1) is 11.8 Å². The summed E-state index contributed by atoms with van der Waals surface area (Å²) in [6.45, 7) is 13.2. The summed E-state index contributed by atoms with van der Waals surface area (Å²) in [6.07, 6.45) is 3.82. The average Bonchev–Trinajstić information content (AvgIpc) is 2.74. The number of rotatable bonds is 9. The van der Waals surface area contributed by atoms with Crippen molar-refractivity contribution in [1.82, 2.24) is 14.8 Å². The third kappa shape index (κ3) is 6.79. The Morgan fingerprint density at radius 1 is 1.06 bits per heavy atom. The minimum absolute atomic E-state index is 0.102. The van der Waals surface area contributed by atoms with Gasteiger partial charge in [0.15, 0.2) is 0 Å². The molecule has 1 unspecified atom stereocenters. The number of carbonyl (C=O) groups is 1. The molecule has 1 N–H and O–H groups in total. The first-order chi connectivity index (χ1) is 14.9. The number of amides is 1. The van der Waals surface area contributed by atoms with Gasteiger partial charge in [-0.2, -0.15) is 0 Å². The van der Waals surface area contributed by atoms with Crippen molar-refractivity contribution in [2.75, 3.05) is 31.5 Å². The smallest absolute Gasteiger partial charge is 0.257 e. The largest absolute Gasteiger partial charge is 0.369 e. The molecule has 0 spiro atoms. The standard InChI is InChI=1S/C26H38N4O/c1-20(2)12-14-28-25-24(11-8-13-27-25)26(31)30-16-15-29(19-23(30)17-21(3)4)18-22-9-6-5-7-10-22/h5-11,13,20-21,23H,12,14-19H2,1-4H3,(H,27,28). The van der Waals surface area contributed by atoms with Gasteiger partial charge in [0, 0.05) is 45.0 Å². The first kappa shape index (κ1) is 23.3. The number of aromatic nitrogens is 1. The summed E-state index contributed by atoms with van der Waals surface area (Å²) >= 11 is 0. The molecule has 31 heavy (non-hydrogen) atoms. The van der Waals surface area contributed by atoms with Crippen LogP contribution in [0.1, 0.15) is 56.5 Å². The molecular weight excluding hydrogens is 384 g/mol. The van der Waals surface area contributed by atoms with Gasteiger partial charge >= 0.3 is 0 Å². The lowest BCUT2D eigenvalue weighted by atomic mass is 9.98. The SMILES string of the molecule is CC(C)CCNc1ncccc1C(=O)N1CCN(Cc2ccccc2)CC1CC(C)C. The molecule has 3 rings (SSSR count). The number of nitrogens with zero attached hydrogens (tertiary/aromatic N) is 3. The van der Waals surface area contributed by atoms with E-state index in [1.54, 1.807) is 6.20 Å². The number of piperazine rings is 1. The molecule has 0 saturated carbocycles. The van der Waals surface area contributed by atoms with Gasteiger partial charge in [0.25, 0.3) is 5.91 Å². The van der Waals surface area contributed by atoms with Crippen LogP contribution < -0.4 is 5.32 Å². The van der Waals surface area contributed by atoms with Crippen molar-refractivity contribution in [3.63, 3.8) is 0 Å². The Balaban J connectivity index is 1.72. The molecule has 5 heteroatoms. The number of pyridine rings is 1. The van der Waals surface area contributed by atoms with E-state index in [-0.39, 0.29) is 11.9 Å². The van der Waals surface area contributed by atoms with E-state index in [1.807, 2.05) is 12.1 Å². The average molecular weight is 423 g/mol. The van der Waals surface area contributed by atoms with Crippen molar-refractivity contribution in [2.45, 2.75) is 53.1 Å². The number of hydrogen-bond donors (Lipinski definition) is 1. The predicted molar refractivity (Wildman–Crippen MR) is 128 cm³/mol. The summed E-state index contributed by atoms with van der Waals surface area (Å²) in [4.78, 5) is 22.7. The quantitative estimate of drug-likeness (QED) is 0.624. The Bertz CT molecular complexity index is 821. The van der Waals surface area contributed by atoms with Crippen molar-refractivity contribution in [2.24, 2.45) is 11.8 Å². The summed E-state index contributed by atoms with van der Waals surface area (Å²) in [5, 5.41) is 3.39. The highest BCUT2D eigenvalue weighted by Gasteiger charge is 2.32. The van der Waals surface area contributed by atoms with E-state index in [0.29, 0.717) is 23.2 Å². The fraction of sp³-hybridized carbons (Fsp3) is 0.538. The Morgan fingerprint density at radius 2 is 1.84 bits per heavy atom. The van der Waals surface area contributed by atoms with Crippen LogP contribution in [-0.2, 0) is 6.54 Å². The maximum Gasteiger partial charge on any atom is 0.257 e. The molecule has 0 aliphatic carbocycles. The molecule has 1 aromatic heterocycles. The molecule has 1 amide bonds. The summed E-state index contributed by atoms with van der Waals surface area (Å²) in [5.41, 5.74) is 2.02. The van der Waals surface area contributed by atoms with E-state index < -0.39 is 0 Å². The van der Waals surface area contributed by atoms with Gasteiger partial charge in [-0.15, -0.1) is 0 Å². The number of anilines is 1. The lowest BCUT2D eigenvalue weighted by Gasteiger charge is -2.42. The Labute approximate surface area is 187 Å². The Morgan fingerprint density at radius 3 is 2.55 bits per heavy atom. The Kier molecular flexibility index (Phi) is 8.47. The third-order valence-electron chi connectivity index (χ3n) is 5.87. The van der Waals surface area contributed by atoms with Crippen molar-refractivity contribution in [3.05, 3.63) is 59.8 Å². The van der Waals surface area contributed by atoms with Crippen LogP contribution in [0.5, 0.6) is 0 Å². The van der Waals surface area contributed by atoms with Crippen LogP contribution in [-0.4, -0.2) is 52.9 Å². The Hall–Kier alpha value is -2.40. The van der Waals surface area contributed by atoms with Gasteiger partial charge < -0.3 is 10.2 Å². The summed E-state index contributed by atoms with van der Waals surface area (Å²) in [5.74, 6) is 1.96. The molecule has 0 bridgehead atoms. The van der Waals surface area contributed by atoms with Crippen molar-refractivity contribution >= 4 is 11.7 Å². The first-order valence-corrected chi connectivity index (χ1v) is 11.7. The summed E-state index contributed by atoms with van der Waals surface area (Å²) in [7, 11) is 0. The van der Waals surface area contributed by atoms with Gasteiger partial charge in [0.05, 0.1) is 5.56 Å². The molecule has 1 aliphatic heterocycles. The lowest BCUT2D eigenvalue weighted by molar-refractivity contribution is 0.0393. The molecular formula is C26H38N4O. The maximum absolute atomic E-state index is 13.6. The van der Waals surface area contributed by atoms with E-state index in [1.165, 1.54) is 5.56 Å². The molecule has 2 heterocycles. The number of nitrogens with one attached hydrogen (secondary N) is 1. The molecule has 2 aromatic rings. The van der Waals surface area contributed by atoms with E-state index >= 15 is 0 Å². The van der Waals surface area contributed by atoms with Crippen molar-refractivity contribution in [3.8, 4) is 0 Å². The van der Waals surface area contributed by atoms with Gasteiger partial charge in [-0.1, -0.05) is 58.0 Å². The normalized spacial score (nSPS) is 17.4. The highest BCUT2D eigenvalue weighted by Crippen LogP contribution is 2.23. The molecule has 168 valence electrons. The van der Waals surface area contributed by atoms with Gasteiger partial charge in [0.2, 0.25) is 0 Å². The summed E-state index contributed by atoms with van der Waals surface area (Å²) < 4.78 is 0. The zero-order valence-corrected chi connectivity index (χ0v) is 19.6. The highest BCUT2D eigenvalue weighted by atomic mass is 16.2. The number of carbonyl (C=O) groups excluding carboxylic acids is 1. The number of hydrogen-bond acceptors (Lipinski definition) is 4. The van der Waals surface area contributed by atoms with E-state index in [0.717, 1.165) is 45.6 Å². The molecule has 1 atom stereocenters. The molecule has 5 nitrogen and oxygen atoms in total. The molecule has 1 fully saturated rings. The van der Waals surface area contributed by atoms with E-state index in [2.05, 4.69) is 78.1 Å².